The van der Waals surface area contributed by atoms with Gasteiger partial charge in [0.15, 0.2) is 0 Å². The van der Waals surface area contributed by atoms with Gasteiger partial charge < -0.3 is 4.90 Å². The molecule has 1 amide bonds. The van der Waals surface area contributed by atoms with Gasteiger partial charge in [-0.05, 0) is 30.7 Å². The second-order valence-electron chi connectivity index (χ2n) is 7.08. The molecule has 1 saturated carbocycles. The van der Waals surface area contributed by atoms with Crippen LogP contribution >= 0.6 is 22.7 Å². The van der Waals surface area contributed by atoms with Gasteiger partial charge in [0.05, 0.1) is 10.6 Å². The van der Waals surface area contributed by atoms with E-state index in [1.54, 1.807) is 11.3 Å². The van der Waals surface area contributed by atoms with Crippen LogP contribution in [0.15, 0.2) is 23.0 Å². The highest BCUT2D eigenvalue weighted by Gasteiger charge is 2.23. The van der Waals surface area contributed by atoms with E-state index in [1.807, 2.05) is 33.1 Å². The summed E-state index contributed by atoms with van der Waals surface area (Å²) in [6, 6.07) is 1.93. The van der Waals surface area contributed by atoms with Gasteiger partial charge in [0, 0.05) is 55.1 Å². The molecule has 4 rings (SSSR count). The van der Waals surface area contributed by atoms with Crippen molar-refractivity contribution in [2.75, 3.05) is 26.2 Å². The molecule has 6 heteroatoms. The first kappa shape index (κ1) is 17.2. The van der Waals surface area contributed by atoms with Crippen molar-refractivity contribution in [3.8, 4) is 0 Å². The highest BCUT2D eigenvalue weighted by atomic mass is 32.1. The Labute approximate surface area is 157 Å². The summed E-state index contributed by atoms with van der Waals surface area (Å²) >= 11 is 3.49. The van der Waals surface area contributed by atoms with Crippen molar-refractivity contribution >= 4 is 28.6 Å². The average Bonchev–Trinajstić information content (AvgIpc) is 3.36. The van der Waals surface area contributed by atoms with Crippen LogP contribution in [0.25, 0.3) is 0 Å². The number of nitrogens with zero attached hydrogens (tertiary/aromatic N) is 3. The topological polar surface area (TPSA) is 36.4 Å². The summed E-state index contributed by atoms with van der Waals surface area (Å²) in [5, 5.41) is 5.27. The summed E-state index contributed by atoms with van der Waals surface area (Å²) in [6.07, 6.45) is 8.48. The summed E-state index contributed by atoms with van der Waals surface area (Å²) in [5.41, 5.74) is 0.835. The van der Waals surface area contributed by atoms with Gasteiger partial charge in [0.25, 0.3) is 5.91 Å². The minimum atomic E-state index is 0.185. The second kappa shape index (κ2) is 7.98. The molecule has 2 fully saturated rings. The first-order valence-electron chi connectivity index (χ1n) is 9.28. The Morgan fingerprint density at radius 1 is 1.16 bits per heavy atom. The van der Waals surface area contributed by atoms with Crippen LogP contribution in [0, 0.1) is 0 Å². The normalized spacial score (nSPS) is 20.1. The number of thiazole rings is 1. The van der Waals surface area contributed by atoms with Crippen LogP contribution in [-0.4, -0.2) is 46.9 Å². The standard InChI is InChI=1S/C19H25N3OS2/c23-19(16-6-11-24-14-16)22-8-3-7-21(9-10-22)13-17-12-20-18(25-17)15-4-1-2-5-15/h6,11-12,14-15H,1-5,7-10,13H2. The Morgan fingerprint density at radius 3 is 2.84 bits per heavy atom. The van der Waals surface area contributed by atoms with Gasteiger partial charge in [0.2, 0.25) is 0 Å². The van der Waals surface area contributed by atoms with E-state index in [1.165, 1.54) is 35.6 Å². The van der Waals surface area contributed by atoms with Crippen LogP contribution in [0.5, 0.6) is 0 Å². The zero-order valence-electron chi connectivity index (χ0n) is 14.5. The molecule has 3 heterocycles. The van der Waals surface area contributed by atoms with Crippen molar-refractivity contribution in [1.29, 1.82) is 0 Å². The SMILES string of the molecule is O=C(c1ccsc1)N1CCCN(Cc2cnc(C3CCCC3)s2)CC1. The van der Waals surface area contributed by atoms with E-state index < -0.39 is 0 Å². The van der Waals surface area contributed by atoms with Crippen molar-refractivity contribution in [2.45, 2.75) is 44.6 Å². The van der Waals surface area contributed by atoms with Crippen molar-refractivity contribution in [3.05, 3.63) is 38.5 Å². The highest BCUT2D eigenvalue weighted by molar-refractivity contribution is 7.11. The molecule has 0 unspecified atom stereocenters. The molecule has 2 aromatic rings. The number of carbonyl (C=O) groups is 1. The molecule has 0 spiro atoms. The van der Waals surface area contributed by atoms with Crippen LogP contribution in [0.3, 0.4) is 0 Å². The minimum Gasteiger partial charge on any atom is -0.337 e. The molecule has 0 aromatic carbocycles. The number of aromatic nitrogens is 1. The van der Waals surface area contributed by atoms with Crippen LogP contribution in [-0.2, 0) is 6.54 Å². The van der Waals surface area contributed by atoms with Gasteiger partial charge in [-0.3, -0.25) is 9.69 Å². The molecule has 4 nitrogen and oxygen atoms in total. The van der Waals surface area contributed by atoms with Crippen LogP contribution in [0.2, 0.25) is 0 Å². The maximum Gasteiger partial charge on any atom is 0.254 e. The largest absolute Gasteiger partial charge is 0.337 e. The molecule has 134 valence electrons. The fourth-order valence-electron chi connectivity index (χ4n) is 3.88. The molecule has 0 bridgehead atoms. The molecule has 25 heavy (non-hydrogen) atoms. The van der Waals surface area contributed by atoms with Crippen LogP contribution in [0.4, 0.5) is 0 Å². The van der Waals surface area contributed by atoms with E-state index in [-0.39, 0.29) is 5.91 Å². The molecule has 0 atom stereocenters. The first-order chi connectivity index (χ1) is 12.3. The van der Waals surface area contributed by atoms with Gasteiger partial charge >= 0.3 is 0 Å². The lowest BCUT2D eigenvalue weighted by Crippen LogP contribution is -2.34. The quantitative estimate of drug-likeness (QED) is 0.803. The Bertz CT molecular complexity index is 691. The Balaban J connectivity index is 1.33. The Hall–Kier alpha value is -1.24. The molecule has 1 aliphatic carbocycles. The third-order valence-corrected chi connectivity index (χ3v) is 7.13. The first-order valence-corrected chi connectivity index (χ1v) is 11.0. The number of amides is 1. The third-order valence-electron chi connectivity index (χ3n) is 5.30. The Morgan fingerprint density at radius 2 is 2.04 bits per heavy atom. The lowest BCUT2D eigenvalue weighted by molar-refractivity contribution is 0.0761. The molecule has 0 radical (unpaired) electrons. The lowest BCUT2D eigenvalue weighted by atomic mass is 10.1. The lowest BCUT2D eigenvalue weighted by Gasteiger charge is -2.21. The van der Waals surface area contributed by atoms with Crippen molar-refractivity contribution in [2.24, 2.45) is 0 Å². The molecular formula is C19H25N3OS2. The fraction of sp³-hybridized carbons (Fsp3) is 0.579. The van der Waals surface area contributed by atoms with Crippen LogP contribution < -0.4 is 0 Å². The summed E-state index contributed by atoms with van der Waals surface area (Å²) < 4.78 is 0. The molecule has 0 N–H and O–H groups in total. The smallest absolute Gasteiger partial charge is 0.254 e. The maximum absolute atomic E-state index is 12.5. The number of hydrogen-bond acceptors (Lipinski definition) is 5. The fourth-order valence-corrected chi connectivity index (χ4v) is 5.64. The monoisotopic (exact) mass is 375 g/mol. The molecular weight excluding hydrogens is 350 g/mol. The summed E-state index contributed by atoms with van der Waals surface area (Å²) in [4.78, 5) is 23.1. The van der Waals surface area contributed by atoms with E-state index in [0.717, 1.165) is 44.7 Å². The van der Waals surface area contributed by atoms with Gasteiger partial charge in [-0.2, -0.15) is 11.3 Å². The summed E-state index contributed by atoms with van der Waals surface area (Å²) in [5.74, 6) is 0.894. The van der Waals surface area contributed by atoms with Crippen LogP contribution in [0.1, 0.15) is 58.3 Å². The number of rotatable bonds is 4. The van der Waals surface area contributed by atoms with Crippen molar-refractivity contribution in [1.82, 2.24) is 14.8 Å². The Kier molecular flexibility index (Phi) is 5.48. The molecule has 1 saturated heterocycles. The molecule has 2 aromatic heterocycles. The predicted molar refractivity (Wildman–Crippen MR) is 103 cm³/mol. The zero-order valence-corrected chi connectivity index (χ0v) is 16.2. The van der Waals surface area contributed by atoms with E-state index >= 15 is 0 Å². The zero-order chi connectivity index (χ0) is 17.1. The van der Waals surface area contributed by atoms with Crippen molar-refractivity contribution in [3.63, 3.8) is 0 Å². The molecule has 2 aliphatic rings. The second-order valence-corrected chi connectivity index (χ2v) is 9.01. The highest BCUT2D eigenvalue weighted by Crippen LogP contribution is 2.36. The average molecular weight is 376 g/mol. The van der Waals surface area contributed by atoms with E-state index in [4.69, 9.17) is 4.98 Å². The number of hydrogen-bond donors (Lipinski definition) is 0. The minimum absolute atomic E-state index is 0.185. The van der Waals surface area contributed by atoms with Gasteiger partial charge in [-0.15, -0.1) is 11.3 Å². The molecule has 1 aliphatic heterocycles. The van der Waals surface area contributed by atoms with Gasteiger partial charge in [-0.25, -0.2) is 4.98 Å². The van der Waals surface area contributed by atoms with Gasteiger partial charge in [-0.1, -0.05) is 12.8 Å². The third kappa shape index (κ3) is 4.13. The summed E-state index contributed by atoms with van der Waals surface area (Å²) in [6.45, 7) is 4.67. The van der Waals surface area contributed by atoms with Gasteiger partial charge in [0.1, 0.15) is 0 Å². The maximum atomic E-state index is 12.5. The van der Waals surface area contributed by atoms with E-state index in [0.29, 0.717) is 5.92 Å². The number of carbonyl (C=O) groups excluding carboxylic acids is 1. The van der Waals surface area contributed by atoms with Crippen molar-refractivity contribution < 1.29 is 4.79 Å². The van der Waals surface area contributed by atoms with E-state index in [9.17, 15) is 4.79 Å². The number of thiophene rings is 1. The predicted octanol–water partition coefficient (Wildman–Crippen LogP) is 4.21. The summed E-state index contributed by atoms with van der Waals surface area (Å²) in [7, 11) is 0. The van der Waals surface area contributed by atoms with E-state index in [2.05, 4.69) is 11.1 Å².